The fraction of sp³-hybridized carbons (Fsp3) is 0.333. The summed E-state index contributed by atoms with van der Waals surface area (Å²) in [6.45, 7) is 0.315. The van der Waals surface area contributed by atoms with Crippen LogP contribution in [0.4, 0.5) is 8.78 Å². The van der Waals surface area contributed by atoms with Crippen molar-refractivity contribution in [1.29, 1.82) is 0 Å². The number of nitrogens with zero attached hydrogens (tertiary/aromatic N) is 3. The molecule has 0 saturated carbocycles. The molecule has 2 rings (SSSR count). The molecule has 0 aliphatic rings. The Morgan fingerprint density at radius 2 is 1.92 bits per heavy atom. The third kappa shape index (κ3) is 6.74. The summed E-state index contributed by atoms with van der Waals surface area (Å²) < 4.78 is 29.3. The zero-order valence-electron chi connectivity index (χ0n) is 14.3. The van der Waals surface area contributed by atoms with E-state index in [4.69, 9.17) is 4.74 Å². The first-order valence-electron chi connectivity index (χ1n) is 7.91. The third-order valence-corrected chi connectivity index (χ3v) is 3.24. The molecule has 1 heterocycles. The first-order valence-corrected chi connectivity index (χ1v) is 7.91. The minimum Gasteiger partial charge on any atom is -0.472 e. The van der Waals surface area contributed by atoms with E-state index >= 15 is 0 Å². The molecule has 0 bridgehead atoms. The van der Waals surface area contributed by atoms with E-state index in [1.807, 2.05) is 49.3 Å². The van der Waals surface area contributed by atoms with Gasteiger partial charge in [-0.3, -0.25) is 0 Å². The summed E-state index contributed by atoms with van der Waals surface area (Å²) in [5.41, 5.74) is 1.80. The van der Waals surface area contributed by atoms with Crippen molar-refractivity contribution in [3.8, 4) is 5.88 Å². The van der Waals surface area contributed by atoms with E-state index in [0.717, 1.165) is 5.56 Å². The van der Waals surface area contributed by atoms with Gasteiger partial charge in [-0.2, -0.15) is 0 Å². The Morgan fingerprint density at radius 3 is 2.60 bits per heavy atom. The molecule has 0 amide bonds. The van der Waals surface area contributed by atoms with Gasteiger partial charge in [-0.15, -0.1) is 0 Å². The predicted molar refractivity (Wildman–Crippen MR) is 93.8 cm³/mol. The van der Waals surface area contributed by atoms with Crippen molar-refractivity contribution in [2.75, 3.05) is 20.7 Å². The van der Waals surface area contributed by atoms with Crippen LogP contribution in [0.3, 0.4) is 0 Å². The number of aromatic nitrogens is 1. The Bertz CT molecular complexity index is 678. The van der Waals surface area contributed by atoms with Crippen LogP contribution in [0.1, 0.15) is 11.3 Å². The second-order valence-corrected chi connectivity index (χ2v) is 5.54. The maximum atomic E-state index is 12.2. The number of guanidine groups is 1. The van der Waals surface area contributed by atoms with Gasteiger partial charge in [0.1, 0.15) is 0 Å². The molecule has 0 radical (unpaired) electrons. The van der Waals surface area contributed by atoms with Gasteiger partial charge in [-0.25, -0.2) is 18.8 Å². The lowest BCUT2D eigenvalue weighted by atomic mass is 10.2. The SMILES string of the molecule is CN(C)C(=NCc1ccccc1)NCc1cccc(OCC(F)F)n1. The fourth-order valence-electron chi connectivity index (χ4n) is 2.06. The zero-order valence-corrected chi connectivity index (χ0v) is 14.3. The van der Waals surface area contributed by atoms with Crippen LogP contribution in [-0.4, -0.2) is 43.0 Å². The van der Waals surface area contributed by atoms with Crippen LogP contribution in [-0.2, 0) is 13.1 Å². The predicted octanol–water partition coefficient (Wildman–Crippen LogP) is 2.93. The number of pyridine rings is 1. The minimum absolute atomic E-state index is 0.187. The van der Waals surface area contributed by atoms with Gasteiger partial charge in [-0.1, -0.05) is 36.4 Å². The average molecular weight is 348 g/mol. The van der Waals surface area contributed by atoms with Gasteiger partial charge in [-0.05, 0) is 11.6 Å². The number of ether oxygens (including phenoxy) is 1. The van der Waals surface area contributed by atoms with Gasteiger partial charge >= 0.3 is 0 Å². The Balaban J connectivity index is 1.95. The van der Waals surface area contributed by atoms with Crippen LogP contribution in [0, 0.1) is 0 Å². The van der Waals surface area contributed by atoms with Crippen LogP contribution in [0.15, 0.2) is 53.5 Å². The maximum absolute atomic E-state index is 12.2. The maximum Gasteiger partial charge on any atom is 0.272 e. The zero-order chi connectivity index (χ0) is 18.1. The quantitative estimate of drug-likeness (QED) is 0.617. The van der Waals surface area contributed by atoms with Crippen molar-refractivity contribution in [2.45, 2.75) is 19.5 Å². The molecular formula is C18H22F2N4O. The molecule has 0 spiro atoms. The van der Waals surface area contributed by atoms with Gasteiger partial charge < -0.3 is 15.0 Å². The van der Waals surface area contributed by atoms with E-state index in [9.17, 15) is 8.78 Å². The summed E-state index contributed by atoms with van der Waals surface area (Å²) in [5, 5.41) is 3.21. The third-order valence-electron chi connectivity index (χ3n) is 3.24. The second kappa shape index (κ2) is 9.56. The van der Waals surface area contributed by atoms with Gasteiger partial charge in [0.2, 0.25) is 5.88 Å². The van der Waals surface area contributed by atoms with E-state index in [1.54, 1.807) is 18.2 Å². The summed E-state index contributed by atoms with van der Waals surface area (Å²) in [6, 6.07) is 15.0. The summed E-state index contributed by atoms with van der Waals surface area (Å²) in [7, 11) is 3.79. The Morgan fingerprint density at radius 1 is 1.16 bits per heavy atom. The number of nitrogens with one attached hydrogen (secondary N) is 1. The number of halogens is 2. The Hall–Kier alpha value is -2.70. The van der Waals surface area contributed by atoms with E-state index in [0.29, 0.717) is 24.7 Å². The van der Waals surface area contributed by atoms with Crippen LogP contribution in [0.2, 0.25) is 0 Å². The number of hydrogen-bond donors (Lipinski definition) is 1. The lowest BCUT2D eigenvalue weighted by Crippen LogP contribution is -2.36. The van der Waals surface area contributed by atoms with E-state index < -0.39 is 13.0 Å². The monoisotopic (exact) mass is 348 g/mol. The molecule has 0 unspecified atom stereocenters. The molecular weight excluding hydrogens is 326 g/mol. The highest BCUT2D eigenvalue weighted by atomic mass is 19.3. The molecule has 25 heavy (non-hydrogen) atoms. The number of benzene rings is 1. The molecule has 0 atom stereocenters. The topological polar surface area (TPSA) is 49.8 Å². The second-order valence-electron chi connectivity index (χ2n) is 5.54. The van der Waals surface area contributed by atoms with E-state index in [-0.39, 0.29) is 5.88 Å². The standard InChI is InChI=1S/C18H22F2N4O/c1-24(2)18(21-11-14-7-4-3-5-8-14)22-12-15-9-6-10-17(23-15)25-13-16(19)20/h3-10,16H,11-13H2,1-2H3,(H,21,22). The van der Waals surface area contributed by atoms with Crippen molar-refractivity contribution in [1.82, 2.24) is 15.2 Å². The van der Waals surface area contributed by atoms with Gasteiger partial charge in [0, 0.05) is 20.2 Å². The molecule has 0 aliphatic carbocycles. The van der Waals surface area contributed by atoms with Crippen LogP contribution in [0.25, 0.3) is 0 Å². The number of hydrogen-bond acceptors (Lipinski definition) is 3. The number of aliphatic imine (C=N–C) groups is 1. The first-order chi connectivity index (χ1) is 12.0. The normalized spacial score (nSPS) is 11.5. The van der Waals surface area contributed by atoms with E-state index in [1.165, 1.54) is 0 Å². The molecule has 134 valence electrons. The first kappa shape index (κ1) is 18.6. The molecule has 5 nitrogen and oxygen atoms in total. The summed E-state index contributed by atoms with van der Waals surface area (Å²) in [4.78, 5) is 10.6. The molecule has 0 fully saturated rings. The largest absolute Gasteiger partial charge is 0.472 e. The number of rotatable bonds is 7. The van der Waals surface area contributed by atoms with Crippen LogP contribution < -0.4 is 10.1 Å². The average Bonchev–Trinajstić information content (AvgIpc) is 2.61. The van der Waals surface area contributed by atoms with Crippen LogP contribution in [0.5, 0.6) is 5.88 Å². The van der Waals surface area contributed by atoms with Crippen molar-refractivity contribution in [3.63, 3.8) is 0 Å². The highest BCUT2D eigenvalue weighted by Crippen LogP contribution is 2.09. The highest BCUT2D eigenvalue weighted by Gasteiger charge is 2.06. The van der Waals surface area contributed by atoms with Crippen molar-refractivity contribution < 1.29 is 13.5 Å². The van der Waals surface area contributed by atoms with Crippen molar-refractivity contribution in [2.24, 2.45) is 4.99 Å². The minimum atomic E-state index is -2.52. The molecule has 1 aromatic carbocycles. The van der Waals surface area contributed by atoms with Crippen molar-refractivity contribution in [3.05, 3.63) is 59.8 Å². The smallest absolute Gasteiger partial charge is 0.272 e. The summed E-state index contributed by atoms with van der Waals surface area (Å²) >= 11 is 0. The summed E-state index contributed by atoms with van der Waals surface area (Å²) in [6.07, 6.45) is -2.52. The van der Waals surface area contributed by atoms with Crippen molar-refractivity contribution >= 4 is 5.96 Å². The molecule has 2 aromatic rings. The number of alkyl halides is 2. The Labute approximate surface area is 146 Å². The molecule has 0 aliphatic heterocycles. The van der Waals surface area contributed by atoms with Gasteiger partial charge in [0.15, 0.2) is 12.6 Å². The highest BCUT2D eigenvalue weighted by molar-refractivity contribution is 5.79. The van der Waals surface area contributed by atoms with E-state index in [2.05, 4.69) is 15.3 Å². The van der Waals surface area contributed by atoms with Crippen LogP contribution >= 0.6 is 0 Å². The Kier molecular flexibility index (Phi) is 7.13. The van der Waals surface area contributed by atoms with Gasteiger partial charge in [0.05, 0.1) is 18.8 Å². The fourth-order valence-corrected chi connectivity index (χ4v) is 2.06. The lowest BCUT2D eigenvalue weighted by molar-refractivity contribution is 0.0795. The molecule has 0 saturated heterocycles. The van der Waals surface area contributed by atoms with Gasteiger partial charge in [0.25, 0.3) is 6.43 Å². The molecule has 1 aromatic heterocycles. The molecule has 1 N–H and O–H groups in total. The summed E-state index contributed by atoms with van der Waals surface area (Å²) in [5.74, 6) is 0.900. The lowest BCUT2D eigenvalue weighted by Gasteiger charge is -2.17. The molecule has 7 heteroatoms.